The highest BCUT2D eigenvalue weighted by molar-refractivity contribution is 7.89. The summed E-state index contributed by atoms with van der Waals surface area (Å²) < 4.78 is 27.5. The van der Waals surface area contributed by atoms with Crippen LogP contribution < -0.4 is 11.1 Å². The predicted octanol–water partition coefficient (Wildman–Crippen LogP) is 2.78. The minimum Gasteiger partial charge on any atom is -0.345 e. The third kappa shape index (κ3) is 4.87. The maximum absolute atomic E-state index is 12.9. The summed E-state index contributed by atoms with van der Waals surface area (Å²) in [5, 5.41) is 3.07. The van der Waals surface area contributed by atoms with Crippen LogP contribution in [-0.4, -0.2) is 43.8 Å². The summed E-state index contributed by atoms with van der Waals surface area (Å²) in [5.74, 6) is 0.520. The number of nitrogens with one attached hydrogen (secondary N) is 1. The lowest BCUT2D eigenvalue weighted by atomic mass is 9.94. The van der Waals surface area contributed by atoms with Gasteiger partial charge in [0.05, 0.1) is 10.4 Å². The average molecular weight is 430 g/mol. The number of sulfonamides is 1. The van der Waals surface area contributed by atoms with Crippen molar-refractivity contribution >= 4 is 28.3 Å². The number of halogens is 1. The summed E-state index contributed by atoms with van der Waals surface area (Å²) in [5.41, 5.74) is 6.03. The Labute approximate surface area is 174 Å². The molecule has 6 nitrogen and oxygen atoms in total. The second-order valence-corrected chi connectivity index (χ2v) is 10.4. The number of carbonyl (C=O) groups is 1. The van der Waals surface area contributed by atoms with E-state index in [1.54, 1.807) is 16.4 Å². The fourth-order valence-corrected chi connectivity index (χ4v) is 6.15. The molecule has 2 atom stereocenters. The maximum atomic E-state index is 12.9. The highest BCUT2D eigenvalue weighted by Crippen LogP contribution is 2.29. The monoisotopic (exact) mass is 429 g/mol. The summed E-state index contributed by atoms with van der Waals surface area (Å²) in [6, 6.07) is 6.27. The molecule has 1 aliphatic carbocycles. The quantitative estimate of drug-likeness (QED) is 0.752. The zero-order valence-corrected chi connectivity index (χ0v) is 18.3. The molecule has 1 aromatic carbocycles. The van der Waals surface area contributed by atoms with Crippen molar-refractivity contribution < 1.29 is 13.2 Å². The van der Waals surface area contributed by atoms with E-state index >= 15 is 0 Å². The Morgan fingerprint density at radius 2 is 1.68 bits per heavy atom. The van der Waals surface area contributed by atoms with E-state index < -0.39 is 10.0 Å². The van der Waals surface area contributed by atoms with E-state index in [-0.39, 0.29) is 28.7 Å². The Hall–Kier alpha value is -1.15. The number of amides is 1. The molecule has 0 bridgehead atoms. The number of carbonyl (C=O) groups excluding carboxylic acids is 1. The van der Waals surface area contributed by atoms with Crippen LogP contribution in [0.2, 0.25) is 0 Å². The molecule has 1 saturated heterocycles. The molecule has 3 rings (SSSR count). The average Bonchev–Trinajstić information content (AvgIpc) is 3.10. The van der Waals surface area contributed by atoms with Crippen LogP contribution in [0.25, 0.3) is 0 Å². The lowest BCUT2D eigenvalue weighted by Crippen LogP contribution is -2.51. The van der Waals surface area contributed by atoms with Gasteiger partial charge in [0.25, 0.3) is 5.91 Å². The fraction of sp³-hybridized carbons (Fsp3) is 0.650. The van der Waals surface area contributed by atoms with Gasteiger partial charge < -0.3 is 11.1 Å². The van der Waals surface area contributed by atoms with Gasteiger partial charge in [-0.2, -0.15) is 4.31 Å². The standard InChI is InChI=1S/C20H31N3O3S.ClH/c1-15-11-16(2)13-23(12-15)27(25,26)18-7-5-17(6-8-18)19(24)22-20(14-21)9-3-4-10-20;/h5-8,15-16H,3-4,9-14,21H2,1-2H3,(H,22,24);1H. The van der Waals surface area contributed by atoms with Gasteiger partial charge in [-0.3, -0.25) is 4.79 Å². The van der Waals surface area contributed by atoms with Gasteiger partial charge in [-0.1, -0.05) is 26.7 Å². The van der Waals surface area contributed by atoms with Crippen LogP contribution in [0.3, 0.4) is 0 Å². The molecule has 2 aliphatic rings. The first-order valence-electron chi connectivity index (χ1n) is 9.88. The predicted molar refractivity (Wildman–Crippen MR) is 113 cm³/mol. The van der Waals surface area contributed by atoms with E-state index in [0.29, 0.717) is 37.0 Å². The second-order valence-electron chi connectivity index (χ2n) is 8.44. The first-order valence-corrected chi connectivity index (χ1v) is 11.3. The van der Waals surface area contributed by atoms with Crippen molar-refractivity contribution in [1.29, 1.82) is 0 Å². The normalized spacial score (nSPS) is 25.1. The molecule has 1 saturated carbocycles. The molecule has 1 aromatic rings. The smallest absolute Gasteiger partial charge is 0.251 e. The van der Waals surface area contributed by atoms with Gasteiger partial charge >= 0.3 is 0 Å². The van der Waals surface area contributed by atoms with E-state index in [0.717, 1.165) is 32.1 Å². The Balaban J connectivity index is 0.00000280. The van der Waals surface area contributed by atoms with Crippen molar-refractivity contribution in [2.45, 2.75) is 56.4 Å². The maximum Gasteiger partial charge on any atom is 0.251 e. The molecule has 2 unspecified atom stereocenters. The molecule has 0 spiro atoms. The minimum absolute atomic E-state index is 0. The first kappa shape index (κ1) is 23.1. The van der Waals surface area contributed by atoms with Crippen LogP contribution in [-0.2, 0) is 10.0 Å². The van der Waals surface area contributed by atoms with Gasteiger partial charge in [0.2, 0.25) is 10.0 Å². The number of nitrogens with two attached hydrogens (primary N) is 1. The topological polar surface area (TPSA) is 92.5 Å². The van der Waals surface area contributed by atoms with E-state index in [9.17, 15) is 13.2 Å². The van der Waals surface area contributed by atoms with E-state index in [1.807, 2.05) is 0 Å². The highest BCUT2D eigenvalue weighted by atomic mass is 35.5. The number of piperidine rings is 1. The second kappa shape index (κ2) is 9.11. The molecule has 1 heterocycles. The molecule has 1 amide bonds. The van der Waals surface area contributed by atoms with Crippen molar-refractivity contribution in [3.05, 3.63) is 29.8 Å². The zero-order chi connectivity index (χ0) is 19.7. The number of benzene rings is 1. The zero-order valence-electron chi connectivity index (χ0n) is 16.7. The van der Waals surface area contributed by atoms with Crippen molar-refractivity contribution in [3.63, 3.8) is 0 Å². The minimum atomic E-state index is -3.53. The highest BCUT2D eigenvalue weighted by Gasteiger charge is 2.34. The van der Waals surface area contributed by atoms with Gasteiger partial charge in [-0.05, 0) is 55.4 Å². The van der Waals surface area contributed by atoms with Crippen LogP contribution in [0.5, 0.6) is 0 Å². The largest absolute Gasteiger partial charge is 0.345 e. The third-order valence-electron chi connectivity index (χ3n) is 5.92. The van der Waals surface area contributed by atoms with Crippen LogP contribution in [0.15, 0.2) is 29.2 Å². The molecule has 2 fully saturated rings. The van der Waals surface area contributed by atoms with E-state index in [4.69, 9.17) is 5.73 Å². The molecule has 3 N–H and O–H groups in total. The molecule has 1 aliphatic heterocycles. The van der Waals surface area contributed by atoms with Gasteiger partial charge in [0.1, 0.15) is 0 Å². The van der Waals surface area contributed by atoms with Gasteiger partial charge in [0, 0.05) is 25.2 Å². The Morgan fingerprint density at radius 3 is 2.18 bits per heavy atom. The molecular formula is C20H32ClN3O3S. The van der Waals surface area contributed by atoms with Crippen molar-refractivity contribution in [2.75, 3.05) is 19.6 Å². The number of rotatable bonds is 5. The number of hydrogen-bond donors (Lipinski definition) is 2. The van der Waals surface area contributed by atoms with Crippen LogP contribution in [0, 0.1) is 11.8 Å². The SMILES string of the molecule is CC1CC(C)CN(S(=O)(=O)c2ccc(C(=O)NC3(CN)CCCC3)cc2)C1.Cl. The van der Waals surface area contributed by atoms with Crippen LogP contribution in [0.4, 0.5) is 0 Å². The Bertz CT molecular complexity index is 766. The summed E-state index contributed by atoms with van der Waals surface area (Å²) in [4.78, 5) is 12.8. The lowest BCUT2D eigenvalue weighted by Gasteiger charge is -2.34. The summed E-state index contributed by atoms with van der Waals surface area (Å²) >= 11 is 0. The molecule has 0 aromatic heterocycles. The summed E-state index contributed by atoms with van der Waals surface area (Å²) in [6.07, 6.45) is 4.98. The van der Waals surface area contributed by atoms with Gasteiger partial charge in [-0.15, -0.1) is 12.4 Å². The fourth-order valence-electron chi connectivity index (χ4n) is 4.47. The third-order valence-corrected chi connectivity index (χ3v) is 7.77. The number of hydrogen-bond acceptors (Lipinski definition) is 4. The number of nitrogens with zero attached hydrogens (tertiary/aromatic N) is 1. The van der Waals surface area contributed by atoms with Crippen molar-refractivity contribution in [3.8, 4) is 0 Å². The Morgan fingerprint density at radius 1 is 1.14 bits per heavy atom. The summed E-state index contributed by atoms with van der Waals surface area (Å²) in [7, 11) is -3.53. The molecule has 158 valence electrons. The van der Waals surface area contributed by atoms with Crippen molar-refractivity contribution in [2.24, 2.45) is 17.6 Å². The van der Waals surface area contributed by atoms with Gasteiger partial charge in [0.15, 0.2) is 0 Å². The lowest BCUT2D eigenvalue weighted by molar-refractivity contribution is 0.0903. The summed E-state index contributed by atoms with van der Waals surface area (Å²) in [6.45, 7) is 5.70. The molecular weight excluding hydrogens is 398 g/mol. The van der Waals surface area contributed by atoms with Crippen LogP contribution in [0.1, 0.15) is 56.3 Å². The first-order chi connectivity index (χ1) is 12.8. The molecule has 28 heavy (non-hydrogen) atoms. The van der Waals surface area contributed by atoms with Gasteiger partial charge in [-0.25, -0.2) is 8.42 Å². The van der Waals surface area contributed by atoms with Crippen molar-refractivity contribution in [1.82, 2.24) is 9.62 Å². The molecule has 8 heteroatoms. The van der Waals surface area contributed by atoms with Crippen LogP contribution >= 0.6 is 12.4 Å². The van der Waals surface area contributed by atoms with E-state index in [2.05, 4.69) is 19.2 Å². The Kier molecular flexibility index (Phi) is 7.53. The van der Waals surface area contributed by atoms with E-state index in [1.165, 1.54) is 12.1 Å². The molecule has 0 radical (unpaired) electrons.